The quantitative estimate of drug-likeness (QED) is 0.811. The molecule has 0 saturated carbocycles. The molecule has 0 bridgehead atoms. The molecule has 1 aliphatic rings. The van der Waals surface area contributed by atoms with Crippen molar-refractivity contribution in [3.05, 3.63) is 29.3 Å². The van der Waals surface area contributed by atoms with Crippen molar-refractivity contribution in [1.82, 2.24) is 15.5 Å². The Morgan fingerprint density at radius 3 is 2.56 bits per heavy atom. The average molecular weight is 367 g/mol. The van der Waals surface area contributed by atoms with Gasteiger partial charge in [-0.2, -0.15) is 0 Å². The highest BCUT2D eigenvalue weighted by Crippen LogP contribution is 2.20. The predicted molar refractivity (Wildman–Crippen MR) is 101 cm³/mol. The van der Waals surface area contributed by atoms with Gasteiger partial charge in [0.25, 0.3) is 0 Å². The summed E-state index contributed by atoms with van der Waals surface area (Å²) in [4.78, 5) is 27.9. The molecule has 1 aromatic carbocycles. The molecule has 1 aromatic rings. The summed E-state index contributed by atoms with van der Waals surface area (Å²) < 4.78 is 0. The third-order valence-electron chi connectivity index (χ3n) is 4.17. The van der Waals surface area contributed by atoms with E-state index in [4.69, 9.17) is 11.6 Å². The third kappa shape index (κ3) is 6.92. The van der Waals surface area contributed by atoms with Crippen LogP contribution in [-0.4, -0.2) is 56.1 Å². The van der Waals surface area contributed by atoms with Crippen molar-refractivity contribution in [2.24, 2.45) is 5.92 Å². The molecule has 0 aromatic heterocycles. The Hall–Kier alpha value is -1.79. The summed E-state index contributed by atoms with van der Waals surface area (Å²) in [5.74, 6) is 0.255. The van der Waals surface area contributed by atoms with Crippen molar-refractivity contribution < 1.29 is 9.59 Å². The van der Waals surface area contributed by atoms with E-state index < -0.39 is 6.03 Å². The standard InChI is InChI=1S/C18H27ClN4O2/c1-14(2)6-7-20-18(25)21-17(24)13-22-8-10-23(11-9-22)16-5-3-4-15(19)12-16/h3-5,12,14H,6-11,13H2,1-2H3,(H2,20,21,24,25). The first kappa shape index (κ1) is 19.5. The van der Waals surface area contributed by atoms with Gasteiger partial charge in [0.2, 0.25) is 5.91 Å². The van der Waals surface area contributed by atoms with Crippen LogP contribution in [0.4, 0.5) is 10.5 Å². The highest BCUT2D eigenvalue weighted by molar-refractivity contribution is 6.30. The second kappa shape index (κ2) is 9.63. The van der Waals surface area contributed by atoms with Crippen molar-refractivity contribution in [1.29, 1.82) is 0 Å². The summed E-state index contributed by atoms with van der Waals surface area (Å²) in [5.41, 5.74) is 1.10. The highest BCUT2D eigenvalue weighted by atomic mass is 35.5. The molecule has 25 heavy (non-hydrogen) atoms. The number of rotatable bonds is 6. The number of hydrogen-bond acceptors (Lipinski definition) is 4. The normalized spacial score (nSPS) is 15.3. The molecule has 1 saturated heterocycles. The molecule has 3 amide bonds. The lowest BCUT2D eigenvalue weighted by atomic mass is 10.1. The Morgan fingerprint density at radius 1 is 1.20 bits per heavy atom. The fourth-order valence-corrected chi connectivity index (χ4v) is 2.91. The van der Waals surface area contributed by atoms with Crippen LogP contribution in [0.2, 0.25) is 5.02 Å². The number of halogens is 1. The molecule has 0 atom stereocenters. The third-order valence-corrected chi connectivity index (χ3v) is 4.41. The van der Waals surface area contributed by atoms with Crippen LogP contribution in [0.1, 0.15) is 20.3 Å². The van der Waals surface area contributed by atoms with E-state index >= 15 is 0 Å². The van der Waals surface area contributed by atoms with Crippen LogP contribution in [0.5, 0.6) is 0 Å². The van der Waals surface area contributed by atoms with Gasteiger partial charge < -0.3 is 10.2 Å². The highest BCUT2D eigenvalue weighted by Gasteiger charge is 2.20. The van der Waals surface area contributed by atoms with Gasteiger partial charge in [0.05, 0.1) is 6.54 Å². The fraction of sp³-hybridized carbons (Fsp3) is 0.556. The molecule has 138 valence electrons. The fourth-order valence-electron chi connectivity index (χ4n) is 2.72. The lowest BCUT2D eigenvalue weighted by Crippen LogP contribution is -2.51. The minimum Gasteiger partial charge on any atom is -0.369 e. The number of anilines is 1. The number of urea groups is 1. The number of amides is 3. The number of carbonyl (C=O) groups is 2. The van der Waals surface area contributed by atoms with Crippen LogP contribution < -0.4 is 15.5 Å². The lowest BCUT2D eigenvalue weighted by Gasteiger charge is -2.35. The van der Waals surface area contributed by atoms with Crippen LogP contribution >= 0.6 is 11.6 Å². The molecular formula is C18H27ClN4O2. The predicted octanol–water partition coefficient (Wildman–Crippen LogP) is 2.33. The van der Waals surface area contributed by atoms with Crippen LogP contribution in [-0.2, 0) is 4.79 Å². The topological polar surface area (TPSA) is 64.7 Å². The van der Waals surface area contributed by atoms with E-state index in [2.05, 4.69) is 34.3 Å². The summed E-state index contributed by atoms with van der Waals surface area (Å²) in [5, 5.41) is 5.82. The Balaban J connectivity index is 1.69. The van der Waals surface area contributed by atoms with Crippen molar-refractivity contribution in [2.75, 3.05) is 44.2 Å². The van der Waals surface area contributed by atoms with E-state index in [1.165, 1.54) is 0 Å². The molecule has 0 unspecified atom stereocenters. The molecule has 1 heterocycles. The van der Waals surface area contributed by atoms with E-state index in [0.717, 1.165) is 43.3 Å². The molecule has 0 radical (unpaired) electrons. The molecule has 1 aliphatic heterocycles. The summed E-state index contributed by atoms with van der Waals surface area (Å²) in [6.45, 7) is 8.20. The van der Waals surface area contributed by atoms with Crippen LogP contribution in [0, 0.1) is 5.92 Å². The molecule has 1 fully saturated rings. The molecule has 0 spiro atoms. The van der Waals surface area contributed by atoms with Gasteiger partial charge in [-0.15, -0.1) is 0 Å². The maximum Gasteiger partial charge on any atom is 0.321 e. The van der Waals surface area contributed by atoms with Crippen molar-refractivity contribution in [3.8, 4) is 0 Å². The number of nitrogens with zero attached hydrogens (tertiary/aromatic N) is 2. The smallest absolute Gasteiger partial charge is 0.321 e. The SMILES string of the molecule is CC(C)CCNC(=O)NC(=O)CN1CCN(c2cccc(Cl)c2)CC1. The van der Waals surface area contributed by atoms with Crippen LogP contribution in [0.3, 0.4) is 0 Å². The second-order valence-corrected chi connectivity index (χ2v) is 7.17. The molecule has 2 rings (SSSR count). The minimum atomic E-state index is -0.414. The van der Waals surface area contributed by atoms with Crippen molar-refractivity contribution in [2.45, 2.75) is 20.3 Å². The Labute approximate surface area is 154 Å². The average Bonchev–Trinajstić information content (AvgIpc) is 2.55. The summed E-state index contributed by atoms with van der Waals surface area (Å²) in [7, 11) is 0. The summed E-state index contributed by atoms with van der Waals surface area (Å²) in [6, 6.07) is 7.37. The van der Waals surface area contributed by atoms with Crippen molar-refractivity contribution >= 4 is 29.2 Å². The number of piperazine rings is 1. The molecule has 6 nitrogen and oxygen atoms in total. The Bertz CT molecular complexity index is 586. The lowest BCUT2D eigenvalue weighted by molar-refractivity contribution is -0.121. The van der Waals surface area contributed by atoms with Crippen LogP contribution in [0.25, 0.3) is 0 Å². The monoisotopic (exact) mass is 366 g/mol. The van der Waals surface area contributed by atoms with Gasteiger partial charge >= 0.3 is 6.03 Å². The molecular weight excluding hydrogens is 340 g/mol. The summed E-state index contributed by atoms with van der Waals surface area (Å²) in [6.07, 6.45) is 0.896. The number of carbonyl (C=O) groups excluding carboxylic acids is 2. The number of nitrogens with one attached hydrogen (secondary N) is 2. The number of imide groups is 1. The first-order valence-corrected chi connectivity index (χ1v) is 9.12. The van der Waals surface area contributed by atoms with Gasteiger partial charge in [-0.3, -0.25) is 15.0 Å². The number of benzene rings is 1. The largest absolute Gasteiger partial charge is 0.369 e. The van der Waals surface area contributed by atoms with E-state index in [1.54, 1.807) is 0 Å². The minimum absolute atomic E-state index is 0.237. The van der Waals surface area contributed by atoms with Gasteiger partial charge in [0, 0.05) is 43.4 Å². The van der Waals surface area contributed by atoms with Gasteiger partial charge in [0.15, 0.2) is 0 Å². The van der Waals surface area contributed by atoms with E-state index in [-0.39, 0.29) is 12.5 Å². The molecule has 0 aliphatic carbocycles. The second-order valence-electron chi connectivity index (χ2n) is 6.73. The van der Waals surface area contributed by atoms with E-state index in [1.807, 2.05) is 24.3 Å². The van der Waals surface area contributed by atoms with Gasteiger partial charge in [-0.1, -0.05) is 31.5 Å². The van der Waals surface area contributed by atoms with Gasteiger partial charge in [-0.05, 0) is 30.5 Å². The van der Waals surface area contributed by atoms with Crippen LogP contribution in [0.15, 0.2) is 24.3 Å². The zero-order valence-corrected chi connectivity index (χ0v) is 15.7. The first-order valence-electron chi connectivity index (χ1n) is 8.74. The maximum atomic E-state index is 12.0. The first-order chi connectivity index (χ1) is 11.9. The van der Waals surface area contributed by atoms with Crippen molar-refractivity contribution in [3.63, 3.8) is 0 Å². The molecule has 7 heteroatoms. The maximum absolute atomic E-state index is 12.0. The zero-order chi connectivity index (χ0) is 18.2. The van der Waals surface area contributed by atoms with Gasteiger partial charge in [-0.25, -0.2) is 4.79 Å². The van der Waals surface area contributed by atoms with E-state index in [9.17, 15) is 9.59 Å². The Kier molecular flexibility index (Phi) is 7.52. The van der Waals surface area contributed by atoms with Gasteiger partial charge in [0.1, 0.15) is 0 Å². The Morgan fingerprint density at radius 2 is 1.92 bits per heavy atom. The zero-order valence-electron chi connectivity index (χ0n) is 14.9. The summed E-state index contributed by atoms with van der Waals surface area (Å²) >= 11 is 6.04. The van der Waals surface area contributed by atoms with E-state index in [0.29, 0.717) is 12.5 Å². The molecule has 2 N–H and O–H groups in total. The number of hydrogen-bond donors (Lipinski definition) is 2.